The molecular formula is C16H26BrN3S. The average molecular weight is 372 g/mol. The minimum absolute atomic E-state index is 0.605. The molecule has 1 heterocycles. The minimum atomic E-state index is 0.605. The van der Waals surface area contributed by atoms with Gasteiger partial charge in [0, 0.05) is 12.5 Å². The number of aromatic nitrogens is 2. The number of nitrogens with zero attached hydrogens (tertiary/aromatic N) is 2. The first-order valence-electron chi connectivity index (χ1n) is 7.99. The van der Waals surface area contributed by atoms with Crippen LogP contribution in [0.3, 0.4) is 0 Å². The first kappa shape index (κ1) is 17.1. The topological polar surface area (TPSA) is 37.8 Å². The van der Waals surface area contributed by atoms with E-state index >= 15 is 0 Å². The Balaban J connectivity index is 2.19. The van der Waals surface area contributed by atoms with Crippen molar-refractivity contribution >= 4 is 33.5 Å². The van der Waals surface area contributed by atoms with E-state index in [1.807, 2.05) is 11.8 Å². The molecule has 0 aromatic carbocycles. The third-order valence-corrected chi connectivity index (χ3v) is 5.84. The highest BCUT2D eigenvalue weighted by atomic mass is 79.9. The van der Waals surface area contributed by atoms with Crippen LogP contribution in [-0.4, -0.2) is 22.3 Å². The van der Waals surface area contributed by atoms with Crippen LogP contribution < -0.4 is 5.32 Å². The standard InChI is InChI=1S/C16H26BrN3S/c1-4-18-16-14(17)15(12-7-5-6-8-12)19-13(20-16)10-21-9-11(2)3/h11-12H,4-10H2,1-3H3,(H,18,19,20). The van der Waals surface area contributed by atoms with E-state index in [0.29, 0.717) is 11.8 Å². The van der Waals surface area contributed by atoms with Crippen LogP contribution in [0.1, 0.15) is 63.9 Å². The van der Waals surface area contributed by atoms with Crippen LogP contribution in [0.15, 0.2) is 4.47 Å². The molecule has 2 rings (SSSR count). The Bertz CT molecular complexity index is 459. The maximum Gasteiger partial charge on any atom is 0.144 e. The fraction of sp³-hybridized carbons (Fsp3) is 0.750. The molecule has 0 saturated heterocycles. The highest BCUT2D eigenvalue weighted by Gasteiger charge is 2.23. The molecule has 21 heavy (non-hydrogen) atoms. The van der Waals surface area contributed by atoms with Crippen LogP contribution in [0.2, 0.25) is 0 Å². The van der Waals surface area contributed by atoms with Gasteiger partial charge in [-0.2, -0.15) is 11.8 Å². The molecule has 1 aliphatic rings. The lowest BCUT2D eigenvalue weighted by Crippen LogP contribution is -2.10. The average Bonchev–Trinajstić information content (AvgIpc) is 2.96. The largest absolute Gasteiger partial charge is 0.369 e. The Kier molecular flexibility index (Phi) is 6.80. The fourth-order valence-corrected chi connectivity index (χ4v) is 4.26. The maximum absolute atomic E-state index is 4.88. The Labute approximate surface area is 141 Å². The molecule has 1 saturated carbocycles. The van der Waals surface area contributed by atoms with Gasteiger partial charge < -0.3 is 5.32 Å². The van der Waals surface area contributed by atoms with Crippen molar-refractivity contribution in [2.24, 2.45) is 5.92 Å². The Morgan fingerprint density at radius 2 is 2.00 bits per heavy atom. The van der Waals surface area contributed by atoms with Gasteiger partial charge in [0.05, 0.1) is 15.9 Å². The Morgan fingerprint density at radius 1 is 1.29 bits per heavy atom. The molecule has 0 amide bonds. The molecule has 1 N–H and O–H groups in total. The molecule has 1 aliphatic carbocycles. The molecule has 0 spiro atoms. The first-order chi connectivity index (χ1) is 10.1. The molecule has 0 unspecified atom stereocenters. The summed E-state index contributed by atoms with van der Waals surface area (Å²) in [4.78, 5) is 9.58. The molecule has 118 valence electrons. The van der Waals surface area contributed by atoms with Crippen LogP contribution in [0.25, 0.3) is 0 Å². The minimum Gasteiger partial charge on any atom is -0.369 e. The number of nitrogens with one attached hydrogen (secondary N) is 1. The number of anilines is 1. The van der Waals surface area contributed by atoms with E-state index in [4.69, 9.17) is 9.97 Å². The van der Waals surface area contributed by atoms with Crippen LogP contribution in [0.5, 0.6) is 0 Å². The summed E-state index contributed by atoms with van der Waals surface area (Å²) in [6, 6.07) is 0. The second kappa shape index (κ2) is 8.37. The highest BCUT2D eigenvalue weighted by molar-refractivity contribution is 9.10. The van der Waals surface area contributed by atoms with Crippen molar-refractivity contribution < 1.29 is 0 Å². The van der Waals surface area contributed by atoms with Crippen molar-refractivity contribution in [2.75, 3.05) is 17.6 Å². The van der Waals surface area contributed by atoms with E-state index < -0.39 is 0 Å². The molecule has 0 aliphatic heterocycles. The van der Waals surface area contributed by atoms with Crippen LogP contribution in [-0.2, 0) is 5.75 Å². The van der Waals surface area contributed by atoms with Crippen molar-refractivity contribution in [1.82, 2.24) is 9.97 Å². The molecule has 1 aromatic rings. The summed E-state index contributed by atoms with van der Waals surface area (Å²) < 4.78 is 1.08. The Morgan fingerprint density at radius 3 is 2.62 bits per heavy atom. The maximum atomic E-state index is 4.88. The second-order valence-electron chi connectivity index (χ2n) is 6.11. The van der Waals surface area contributed by atoms with Crippen molar-refractivity contribution in [3.05, 3.63) is 16.0 Å². The SMILES string of the molecule is CCNc1nc(CSCC(C)C)nc(C2CCCC2)c1Br. The highest BCUT2D eigenvalue weighted by Crippen LogP contribution is 2.39. The first-order valence-corrected chi connectivity index (χ1v) is 9.94. The van der Waals surface area contributed by atoms with Gasteiger partial charge in [-0.1, -0.05) is 26.7 Å². The summed E-state index contributed by atoms with van der Waals surface area (Å²) in [5.41, 5.74) is 1.22. The van der Waals surface area contributed by atoms with Crippen LogP contribution >= 0.6 is 27.7 Å². The van der Waals surface area contributed by atoms with Crippen LogP contribution in [0.4, 0.5) is 5.82 Å². The molecular weight excluding hydrogens is 346 g/mol. The van der Waals surface area contributed by atoms with Crippen molar-refractivity contribution in [3.63, 3.8) is 0 Å². The predicted octanol–water partition coefficient (Wildman–Crippen LogP) is 5.22. The van der Waals surface area contributed by atoms with Crippen molar-refractivity contribution in [3.8, 4) is 0 Å². The number of hydrogen-bond acceptors (Lipinski definition) is 4. The van der Waals surface area contributed by atoms with E-state index in [1.54, 1.807) is 0 Å². The van der Waals surface area contributed by atoms with Gasteiger partial charge >= 0.3 is 0 Å². The van der Waals surface area contributed by atoms with Gasteiger partial charge in [-0.15, -0.1) is 0 Å². The van der Waals surface area contributed by atoms with E-state index in [9.17, 15) is 0 Å². The molecule has 0 radical (unpaired) electrons. The quantitative estimate of drug-likeness (QED) is 0.712. The van der Waals surface area contributed by atoms with Gasteiger partial charge in [0.1, 0.15) is 11.6 Å². The predicted molar refractivity (Wildman–Crippen MR) is 96.1 cm³/mol. The lowest BCUT2D eigenvalue weighted by atomic mass is 10.0. The van der Waals surface area contributed by atoms with Gasteiger partial charge in [0.15, 0.2) is 0 Å². The van der Waals surface area contributed by atoms with Crippen LogP contribution in [0, 0.1) is 5.92 Å². The molecule has 0 bridgehead atoms. The lowest BCUT2D eigenvalue weighted by molar-refractivity contribution is 0.683. The van der Waals surface area contributed by atoms with Gasteiger partial charge in [-0.3, -0.25) is 0 Å². The van der Waals surface area contributed by atoms with Gasteiger partial charge in [-0.25, -0.2) is 9.97 Å². The van der Waals surface area contributed by atoms with Crippen molar-refractivity contribution in [1.29, 1.82) is 0 Å². The lowest BCUT2D eigenvalue weighted by Gasteiger charge is -2.16. The molecule has 1 aromatic heterocycles. The van der Waals surface area contributed by atoms with Gasteiger partial charge in [0.25, 0.3) is 0 Å². The van der Waals surface area contributed by atoms with Crippen molar-refractivity contribution in [2.45, 2.75) is 58.1 Å². The molecule has 0 atom stereocenters. The number of halogens is 1. The molecule has 1 fully saturated rings. The summed E-state index contributed by atoms with van der Waals surface area (Å²) in [6.45, 7) is 7.50. The summed E-state index contributed by atoms with van der Waals surface area (Å²) in [7, 11) is 0. The summed E-state index contributed by atoms with van der Waals surface area (Å²) in [6.07, 6.45) is 5.18. The monoisotopic (exact) mass is 371 g/mol. The zero-order chi connectivity index (χ0) is 15.2. The number of rotatable bonds is 7. The molecule has 5 heteroatoms. The zero-order valence-electron chi connectivity index (χ0n) is 13.3. The van der Waals surface area contributed by atoms with Gasteiger partial charge in [-0.05, 0) is 47.4 Å². The summed E-state index contributed by atoms with van der Waals surface area (Å²) in [5, 5.41) is 3.37. The Hall–Kier alpha value is -0.290. The fourth-order valence-electron chi connectivity index (χ4n) is 2.72. The smallest absolute Gasteiger partial charge is 0.144 e. The normalized spacial score (nSPS) is 15.9. The second-order valence-corrected chi connectivity index (χ2v) is 7.93. The third kappa shape index (κ3) is 4.85. The number of hydrogen-bond donors (Lipinski definition) is 1. The zero-order valence-corrected chi connectivity index (χ0v) is 15.7. The number of thioether (sulfide) groups is 1. The van der Waals surface area contributed by atoms with Gasteiger partial charge in [0.2, 0.25) is 0 Å². The van der Waals surface area contributed by atoms with E-state index in [1.165, 1.54) is 31.4 Å². The van der Waals surface area contributed by atoms with E-state index in [-0.39, 0.29) is 0 Å². The van der Waals surface area contributed by atoms with E-state index in [0.717, 1.165) is 34.2 Å². The van der Waals surface area contributed by atoms with E-state index in [2.05, 4.69) is 42.0 Å². The summed E-state index contributed by atoms with van der Waals surface area (Å²) in [5.74, 6) is 5.33. The summed E-state index contributed by atoms with van der Waals surface area (Å²) >= 11 is 5.65. The molecule has 3 nitrogen and oxygen atoms in total. The third-order valence-electron chi connectivity index (χ3n) is 3.69.